The highest BCUT2D eigenvalue weighted by Crippen LogP contribution is 2.21. The predicted molar refractivity (Wildman–Crippen MR) is 70.0 cm³/mol. The smallest absolute Gasteiger partial charge is 0.289 e. The molecule has 1 aromatic carbocycles. The maximum atomic E-state index is 11.4. The fraction of sp³-hybridized carbons (Fsp3) is 0.273. The second kappa shape index (κ2) is 6.05. The Balaban J connectivity index is 0.00000144. The summed E-state index contributed by atoms with van der Waals surface area (Å²) in [6, 6.07) is 7.62. The molecule has 1 heterocycles. The lowest BCUT2D eigenvalue weighted by Crippen LogP contribution is -2.27. The topological polar surface area (TPSA) is 63.4 Å². The van der Waals surface area contributed by atoms with Crippen LogP contribution in [0.3, 0.4) is 0 Å². The number of amides is 2. The minimum Gasteiger partial charge on any atom is -0.326 e. The number of nitrogens with two attached hydrogens (primary N) is 1. The van der Waals surface area contributed by atoms with Gasteiger partial charge in [0.2, 0.25) is 5.91 Å². The van der Waals surface area contributed by atoms with Crippen LogP contribution in [0.2, 0.25) is 0 Å². The standard InChI is InChI=1S/C11H12N2O2S.ClH/c12-5-8-2-1-3-9(4-8)6-13-10(14)7-16-11(13)15;/h1-4H,5-7,12H2;1H. The highest BCUT2D eigenvalue weighted by molar-refractivity contribution is 8.14. The molecule has 0 bridgehead atoms. The average molecular weight is 273 g/mol. The van der Waals surface area contributed by atoms with E-state index in [1.165, 1.54) is 4.90 Å². The first-order valence-corrected chi connectivity index (χ1v) is 5.94. The van der Waals surface area contributed by atoms with Crippen LogP contribution in [0.1, 0.15) is 11.1 Å². The van der Waals surface area contributed by atoms with E-state index < -0.39 is 0 Å². The van der Waals surface area contributed by atoms with Crippen LogP contribution in [0.25, 0.3) is 0 Å². The van der Waals surface area contributed by atoms with E-state index in [9.17, 15) is 9.59 Å². The number of imide groups is 1. The Kier molecular flexibility index (Phi) is 4.99. The third-order valence-electron chi connectivity index (χ3n) is 2.41. The van der Waals surface area contributed by atoms with Crippen LogP contribution >= 0.6 is 24.2 Å². The van der Waals surface area contributed by atoms with Crippen LogP contribution in [0.5, 0.6) is 0 Å². The molecule has 4 nitrogen and oxygen atoms in total. The van der Waals surface area contributed by atoms with Crippen LogP contribution in [0.4, 0.5) is 4.79 Å². The molecule has 1 aliphatic rings. The number of halogens is 1. The van der Waals surface area contributed by atoms with E-state index in [0.717, 1.165) is 22.9 Å². The van der Waals surface area contributed by atoms with Crippen molar-refractivity contribution in [2.45, 2.75) is 13.1 Å². The Morgan fingerprint density at radius 1 is 1.29 bits per heavy atom. The van der Waals surface area contributed by atoms with E-state index in [1.54, 1.807) is 0 Å². The number of hydrogen-bond donors (Lipinski definition) is 1. The van der Waals surface area contributed by atoms with Gasteiger partial charge in [0.15, 0.2) is 0 Å². The third kappa shape index (κ3) is 3.21. The molecule has 92 valence electrons. The zero-order chi connectivity index (χ0) is 11.5. The summed E-state index contributed by atoms with van der Waals surface area (Å²) in [5.74, 6) is 0.142. The third-order valence-corrected chi connectivity index (χ3v) is 3.27. The van der Waals surface area contributed by atoms with Crippen LogP contribution < -0.4 is 5.73 Å². The van der Waals surface area contributed by atoms with Gasteiger partial charge in [-0.05, 0) is 11.1 Å². The molecule has 2 rings (SSSR count). The van der Waals surface area contributed by atoms with Crippen molar-refractivity contribution in [3.05, 3.63) is 35.4 Å². The molecule has 0 spiro atoms. The molecule has 0 unspecified atom stereocenters. The molecule has 2 N–H and O–H groups in total. The maximum Gasteiger partial charge on any atom is 0.289 e. The summed E-state index contributed by atoms with van der Waals surface area (Å²) in [7, 11) is 0. The Labute approximate surface area is 110 Å². The van der Waals surface area contributed by atoms with Crippen molar-refractivity contribution in [3.63, 3.8) is 0 Å². The number of thioether (sulfide) groups is 1. The summed E-state index contributed by atoms with van der Waals surface area (Å²) in [5.41, 5.74) is 7.47. The van der Waals surface area contributed by atoms with E-state index in [2.05, 4.69) is 0 Å². The molecular formula is C11H13ClN2O2S. The van der Waals surface area contributed by atoms with Gasteiger partial charge in [-0.3, -0.25) is 14.5 Å². The van der Waals surface area contributed by atoms with Gasteiger partial charge in [-0.25, -0.2) is 0 Å². The maximum absolute atomic E-state index is 11.4. The quantitative estimate of drug-likeness (QED) is 0.911. The van der Waals surface area contributed by atoms with Crippen LogP contribution in [-0.2, 0) is 17.9 Å². The molecule has 1 fully saturated rings. The lowest BCUT2D eigenvalue weighted by molar-refractivity contribution is -0.125. The molecule has 1 aromatic rings. The highest BCUT2D eigenvalue weighted by Gasteiger charge is 2.29. The summed E-state index contributed by atoms with van der Waals surface area (Å²) >= 11 is 1.06. The van der Waals surface area contributed by atoms with Crippen molar-refractivity contribution < 1.29 is 9.59 Å². The Hall–Kier alpha value is -1.04. The first kappa shape index (κ1) is 14.0. The SMILES string of the molecule is Cl.NCc1cccc(CN2C(=O)CSC2=O)c1. The first-order valence-electron chi connectivity index (χ1n) is 4.95. The van der Waals surface area contributed by atoms with Gasteiger partial charge in [0.25, 0.3) is 5.24 Å². The van der Waals surface area contributed by atoms with Crippen molar-refractivity contribution in [1.82, 2.24) is 4.90 Å². The van der Waals surface area contributed by atoms with Crippen molar-refractivity contribution in [3.8, 4) is 0 Å². The van der Waals surface area contributed by atoms with Gasteiger partial charge in [-0.1, -0.05) is 36.0 Å². The summed E-state index contributed by atoms with van der Waals surface area (Å²) < 4.78 is 0. The Morgan fingerprint density at radius 3 is 2.59 bits per heavy atom. The molecule has 0 saturated carbocycles. The number of carbonyl (C=O) groups excluding carboxylic acids is 2. The summed E-state index contributed by atoms with van der Waals surface area (Å²) in [6.45, 7) is 0.809. The number of nitrogens with zero attached hydrogens (tertiary/aromatic N) is 1. The molecule has 6 heteroatoms. The van der Waals surface area contributed by atoms with E-state index >= 15 is 0 Å². The molecule has 0 radical (unpaired) electrons. The molecule has 0 atom stereocenters. The van der Waals surface area contributed by atoms with E-state index in [0.29, 0.717) is 13.1 Å². The number of hydrogen-bond acceptors (Lipinski definition) is 4. The van der Waals surface area contributed by atoms with Gasteiger partial charge in [-0.15, -0.1) is 12.4 Å². The zero-order valence-corrected chi connectivity index (χ0v) is 10.7. The minimum absolute atomic E-state index is 0. The number of carbonyl (C=O) groups is 2. The monoisotopic (exact) mass is 272 g/mol. The summed E-state index contributed by atoms with van der Waals surface area (Å²) in [5, 5.41) is -0.164. The Morgan fingerprint density at radius 2 is 2.00 bits per heavy atom. The second-order valence-corrected chi connectivity index (χ2v) is 4.49. The van der Waals surface area contributed by atoms with Crippen LogP contribution in [0, 0.1) is 0 Å². The summed E-state index contributed by atoms with van der Waals surface area (Å²) in [6.07, 6.45) is 0. The van der Waals surface area contributed by atoms with Gasteiger partial charge in [0.05, 0.1) is 12.3 Å². The van der Waals surface area contributed by atoms with E-state index in [1.807, 2.05) is 24.3 Å². The lowest BCUT2D eigenvalue weighted by atomic mass is 10.1. The van der Waals surface area contributed by atoms with Gasteiger partial charge in [-0.2, -0.15) is 0 Å². The fourth-order valence-electron chi connectivity index (χ4n) is 1.57. The zero-order valence-electron chi connectivity index (χ0n) is 9.09. The van der Waals surface area contributed by atoms with Crippen molar-refractivity contribution >= 4 is 35.3 Å². The molecule has 0 aromatic heterocycles. The van der Waals surface area contributed by atoms with Crippen LogP contribution in [0.15, 0.2) is 24.3 Å². The van der Waals surface area contributed by atoms with E-state index in [-0.39, 0.29) is 29.3 Å². The molecular weight excluding hydrogens is 260 g/mol. The largest absolute Gasteiger partial charge is 0.326 e. The summed E-state index contributed by atoms with van der Waals surface area (Å²) in [4.78, 5) is 24.1. The van der Waals surface area contributed by atoms with Gasteiger partial charge < -0.3 is 5.73 Å². The molecule has 0 aliphatic carbocycles. The van der Waals surface area contributed by atoms with Crippen molar-refractivity contribution in [1.29, 1.82) is 0 Å². The molecule has 17 heavy (non-hydrogen) atoms. The van der Waals surface area contributed by atoms with Crippen molar-refractivity contribution in [2.24, 2.45) is 5.73 Å². The number of rotatable bonds is 3. The van der Waals surface area contributed by atoms with Gasteiger partial charge in [0, 0.05) is 6.54 Å². The van der Waals surface area contributed by atoms with Gasteiger partial charge >= 0.3 is 0 Å². The van der Waals surface area contributed by atoms with Crippen LogP contribution in [-0.4, -0.2) is 21.8 Å². The van der Waals surface area contributed by atoms with E-state index in [4.69, 9.17) is 5.73 Å². The Bertz CT molecular complexity index is 423. The molecule has 1 saturated heterocycles. The molecule has 2 amide bonds. The first-order chi connectivity index (χ1) is 7.70. The lowest BCUT2D eigenvalue weighted by Gasteiger charge is -2.13. The van der Waals surface area contributed by atoms with Crippen molar-refractivity contribution in [2.75, 3.05) is 5.75 Å². The molecule has 1 aliphatic heterocycles. The minimum atomic E-state index is -0.164. The highest BCUT2D eigenvalue weighted by atomic mass is 35.5. The predicted octanol–water partition coefficient (Wildman–Crippen LogP) is 1.76. The normalized spacial score (nSPS) is 15.0. The fourth-order valence-corrected chi connectivity index (χ4v) is 2.30. The number of benzene rings is 1. The second-order valence-electron chi connectivity index (χ2n) is 3.56. The van der Waals surface area contributed by atoms with Gasteiger partial charge in [0.1, 0.15) is 0 Å². The average Bonchev–Trinajstić information content (AvgIpc) is 2.61.